The van der Waals surface area contributed by atoms with Crippen LogP contribution in [0.15, 0.2) is 21.9 Å². The summed E-state index contributed by atoms with van der Waals surface area (Å²) in [5.74, 6) is -2.40. The van der Waals surface area contributed by atoms with E-state index in [1.54, 1.807) is 0 Å². The number of rotatable bonds is 6. The molecule has 136 valence electrons. The standard InChI is InChI=1S/C11H17N2O9PS/c1-19-5-6-11(16,22-23(17,18)24)8(20-2)9(21-6)13-4-3-7(14)12-10(13)15/h3-4,6,8-9,16H,5H2,1-2H3,(H,12,14,15)(H2,17,18,24)/t6-,8+,9-,11-/m1/s1. The Kier molecular flexibility index (Phi) is 5.75. The second-order valence-electron chi connectivity index (χ2n) is 4.98. The Morgan fingerprint density at radius 2 is 2.12 bits per heavy atom. The summed E-state index contributed by atoms with van der Waals surface area (Å²) in [7, 11) is 2.51. The van der Waals surface area contributed by atoms with Crippen molar-refractivity contribution in [2.24, 2.45) is 0 Å². The highest BCUT2D eigenvalue weighted by Crippen LogP contribution is 2.49. The van der Waals surface area contributed by atoms with Gasteiger partial charge in [0.15, 0.2) is 12.3 Å². The molecule has 4 N–H and O–H groups in total. The number of ether oxygens (including phenoxy) is 3. The molecule has 1 aromatic heterocycles. The van der Waals surface area contributed by atoms with Crippen molar-refractivity contribution in [2.45, 2.75) is 24.2 Å². The van der Waals surface area contributed by atoms with Crippen molar-refractivity contribution in [2.75, 3.05) is 20.8 Å². The molecule has 2 heterocycles. The van der Waals surface area contributed by atoms with Gasteiger partial charge in [-0.05, 0) is 11.8 Å². The van der Waals surface area contributed by atoms with E-state index >= 15 is 0 Å². The van der Waals surface area contributed by atoms with Crippen LogP contribution >= 0.6 is 6.72 Å². The van der Waals surface area contributed by atoms with Crippen LogP contribution in [0, 0.1) is 0 Å². The van der Waals surface area contributed by atoms with Gasteiger partial charge in [0.1, 0.15) is 6.10 Å². The lowest BCUT2D eigenvalue weighted by Crippen LogP contribution is -2.52. The normalized spacial score (nSPS) is 30.6. The molecule has 4 atom stereocenters. The maximum Gasteiger partial charge on any atom is 0.330 e. The van der Waals surface area contributed by atoms with E-state index in [9.17, 15) is 24.5 Å². The van der Waals surface area contributed by atoms with Crippen molar-refractivity contribution in [1.82, 2.24) is 9.55 Å². The topological polar surface area (TPSA) is 152 Å². The molecule has 2 rings (SSSR count). The van der Waals surface area contributed by atoms with Gasteiger partial charge < -0.3 is 29.1 Å². The average Bonchev–Trinajstić information content (AvgIpc) is 2.69. The zero-order valence-corrected chi connectivity index (χ0v) is 14.4. The van der Waals surface area contributed by atoms with Gasteiger partial charge in [-0.3, -0.25) is 18.9 Å². The summed E-state index contributed by atoms with van der Waals surface area (Å²) in [6.45, 7) is -4.53. The molecule has 1 aliphatic heterocycles. The fraction of sp³-hybridized carbons (Fsp3) is 0.636. The summed E-state index contributed by atoms with van der Waals surface area (Å²) in [4.78, 5) is 44.0. The molecule has 0 radical (unpaired) electrons. The molecule has 1 aliphatic rings. The fourth-order valence-corrected chi connectivity index (χ4v) is 3.42. The molecule has 0 aromatic carbocycles. The molecule has 0 amide bonds. The van der Waals surface area contributed by atoms with Gasteiger partial charge in [-0.2, -0.15) is 0 Å². The van der Waals surface area contributed by atoms with Crippen molar-refractivity contribution in [3.63, 3.8) is 0 Å². The predicted molar refractivity (Wildman–Crippen MR) is 82.7 cm³/mol. The molecule has 1 aromatic rings. The van der Waals surface area contributed by atoms with E-state index in [-0.39, 0.29) is 6.61 Å². The summed E-state index contributed by atoms with van der Waals surface area (Å²) in [6, 6.07) is 1.07. The van der Waals surface area contributed by atoms with Crippen LogP contribution in [0.1, 0.15) is 6.23 Å². The molecular weight excluding hydrogens is 367 g/mol. The predicted octanol–water partition coefficient (Wildman–Crippen LogP) is -1.99. The molecular formula is C11H17N2O9PS. The number of methoxy groups -OCH3 is 2. The lowest BCUT2D eigenvalue weighted by molar-refractivity contribution is -0.227. The zero-order valence-electron chi connectivity index (χ0n) is 12.7. The summed E-state index contributed by atoms with van der Waals surface area (Å²) < 4.78 is 21.4. The van der Waals surface area contributed by atoms with Crippen LogP contribution in [-0.4, -0.2) is 63.3 Å². The van der Waals surface area contributed by atoms with Crippen LogP contribution in [0.2, 0.25) is 0 Å². The third-order valence-electron chi connectivity index (χ3n) is 3.39. The maximum absolute atomic E-state index is 12.0. The van der Waals surface area contributed by atoms with E-state index < -0.39 is 42.2 Å². The molecule has 1 fully saturated rings. The van der Waals surface area contributed by atoms with Gasteiger partial charge in [-0.1, -0.05) is 0 Å². The van der Waals surface area contributed by atoms with E-state index in [1.807, 2.05) is 4.98 Å². The average molecular weight is 384 g/mol. The minimum Gasteiger partial charge on any atom is -0.382 e. The summed E-state index contributed by atoms with van der Waals surface area (Å²) in [5, 5.41) is 10.8. The first kappa shape index (κ1) is 19.4. The first-order chi connectivity index (χ1) is 11.1. The molecule has 0 unspecified atom stereocenters. The van der Waals surface area contributed by atoms with E-state index in [4.69, 9.17) is 18.7 Å². The minimum absolute atomic E-state index is 0.222. The van der Waals surface area contributed by atoms with Crippen molar-refractivity contribution < 1.29 is 33.6 Å². The van der Waals surface area contributed by atoms with Crippen molar-refractivity contribution in [3.05, 3.63) is 33.1 Å². The van der Waals surface area contributed by atoms with Crippen LogP contribution in [-0.2, 0) is 30.5 Å². The molecule has 13 heteroatoms. The first-order valence-electron chi connectivity index (χ1n) is 6.59. The number of hydrogen-bond donors (Lipinski definition) is 4. The van der Waals surface area contributed by atoms with E-state index in [0.29, 0.717) is 0 Å². The number of nitrogens with one attached hydrogen (secondary N) is 1. The number of aliphatic hydroxyl groups is 1. The van der Waals surface area contributed by atoms with Gasteiger partial charge in [0, 0.05) is 26.5 Å². The summed E-state index contributed by atoms with van der Waals surface area (Å²) in [5.41, 5.74) is -1.44. The Labute approximate surface area is 140 Å². The van der Waals surface area contributed by atoms with Crippen LogP contribution in [0.4, 0.5) is 0 Å². The summed E-state index contributed by atoms with van der Waals surface area (Å²) >= 11 is 4.40. The van der Waals surface area contributed by atoms with Crippen molar-refractivity contribution in [1.29, 1.82) is 0 Å². The first-order valence-corrected chi connectivity index (χ1v) is 9.22. The maximum atomic E-state index is 12.0. The monoisotopic (exact) mass is 384 g/mol. The number of aromatic amines is 1. The molecule has 11 nitrogen and oxygen atoms in total. The molecule has 0 saturated carbocycles. The second kappa shape index (κ2) is 7.12. The fourth-order valence-electron chi connectivity index (χ4n) is 2.46. The third kappa shape index (κ3) is 3.82. The minimum atomic E-state index is -4.31. The number of H-pyrrole nitrogens is 1. The highest BCUT2D eigenvalue weighted by Gasteiger charge is 2.60. The van der Waals surface area contributed by atoms with Crippen LogP contribution < -0.4 is 11.2 Å². The molecule has 1 saturated heterocycles. The van der Waals surface area contributed by atoms with Gasteiger partial charge >= 0.3 is 12.4 Å². The number of hydrogen-bond acceptors (Lipinski definition) is 8. The van der Waals surface area contributed by atoms with Gasteiger partial charge in [-0.25, -0.2) is 4.79 Å². The van der Waals surface area contributed by atoms with Crippen LogP contribution in [0.3, 0.4) is 0 Å². The lowest BCUT2D eigenvalue weighted by atomic mass is 10.1. The number of nitrogens with zero attached hydrogens (tertiary/aromatic N) is 1. The highest BCUT2D eigenvalue weighted by molar-refractivity contribution is 8.06. The lowest BCUT2D eigenvalue weighted by Gasteiger charge is -2.33. The highest BCUT2D eigenvalue weighted by atomic mass is 32.5. The zero-order chi connectivity index (χ0) is 18.1. The van der Waals surface area contributed by atoms with E-state index in [0.717, 1.165) is 16.8 Å². The molecule has 0 spiro atoms. The number of aromatic nitrogens is 2. The van der Waals surface area contributed by atoms with Crippen LogP contribution in [0.25, 0.3) is 0 Å². The van der Waals surface area contributed by atoms with Crippen molar-refractivity contribution in [3.8, 4) is 0 Å². The molecule has 0 aliphatic carbocycles. The van der Waals surface area contributed by atoms with Gasteiger partial charge in [0.05, 0.1) is 6.61 Å². The smallest absolute Gasteiger partial charge is 0.330 e. The van der Waals surface area contributed by atoms with E-state index in [2.05, 4.69) is 11.8 Å². The molecule has 0 bridgehead atoms. The Morgan fingerprint density at radius 1 is 1.46 bits per heavy atom. The molecule has 24 heavy (non-hydrogen) atoms. The quantitative estimate of drug-likeness (QED) is 0.320. The van der Waals surface area contributed by atoms with Gasteiger partial charge in [0.25, 0.3) is 5.56 Å². The second-order valence-corrected chi connectivity index (χ2v) is 7.57. The van der Waals surface area contributed by atoms with Crippen LogP contribution in [0.5, 0.6) is 0 Å². The largest absolute Gasteiger partial charge is 0.382 e. The Bertz CT molecular complexity index is 746. The Balaban J connectivity index is 2.49. The SMILES string of the molecule is COC[C@H]1O[C@@H](n2ccc(=O)[nH]c2=O)[C@H](OC)[C@]1(O)OP(O)(O)=S. The Morgan fingerprint density at radius 3 is 2.62 bits per heavy atom. The third-order valence-corrected chi connectivity index (χ3v) is 4.15. The summed E-state index contributed by atoms with van der Waals surface area (Å²) in [6.07, 6.45) is -2.73. The van der Waals surface area contributed by atoms with Gasteiger partial charge in [0.2, 0.25) is 5.79 Å². The van der Waals surface area contributed by atoms with E-state index in [1.165, 1.54) is 14.2 Å². The Hall–Kier alpha value is -0.950. The van der Waals surface area contributed by atoms with Crippen molar-refractivity contribution >= 4 is 18.5 Å². The van der Waals surface area contributed by atoms with Gasteiger partial charge in [-0.15, -0.1) is 0 Å².